The van der Waals surface area contributed by atoms with E-state index in [1.807, 2.05) is 30.3 Å². The SMILES string of the molecule is O=C(NC1CCCCCCC1)c1cc(-c2cccnc2)nc2c1cnn2Cc1ccco1. The quantitative estimate of drug-likeness (QED) is 0.484. The molecular formula is C25H27N5O2. The van der Waals surface area contributed by atoms with Gasteiger partial charge in [0.15, 0.2) is 5.65 Å². The predicted octanol–water partition coefficient (Wildman–Crippen LogP) is 4.98. The molecule has 4 aromatic heterocycles. The number of hydrogen-bond donors (Lipinski definition) is 1. The highest BCUT2D eigenvalue weighted by molar-refractivity contribution is 6.06. The standard InChI is InChI=1S/C25H27N5O2/c31-25(28-19-9-4-2-1-3-5-10-19)21-14-23(18-8-6-12-26-15-18)29-24-22(21)16-27-30(24)17-20-11-7-13-32-20/h6-8,11-16,19H,1-5,9-10,17H2,(H,28,31). The molecule has 0 atom stereocenters. The maximum atomic E-state index is 13.4. The summed E-state index contributed by atoms with van der Waals surface area (Å²) in [5.41, 5.74) is 2.82. The molecule has 7 nitrogen and oxygen atoms in total. The molecule has 1 fully saturated rings. The van der Waals surface area contributed by atoms with Gasteiger partial charge in [-0.15, -0.1) is 0 Å². The number of rotatable bonds is 5. The number of carbonyl (C=O) groups is 1. The molecule has 0 aromatic carbocycles. The van der Waals surface area contributed by atoms with Gasteiger partial charge in [0.2, 0.25) is 0 Å². The van der Waals surface area contributed by atoms with Crippen LogP contribution in [0.3, 0.4) is 0 Å². The molecule has 0 spiro atoms. The Bertz CT molecular complexity index is 1180. The van der Waals surface area contributed by atoms with Crippen LogP contribution in [0.4, 0.5) is 0 Å². The number of nitrogens with zero attached hydrogens (tertiary/aromatic N) is 4. The third-order valence-corrected chi connectivity index (χ3v) is 6.14. The fourth-order valence-corrected chi connectivity index (χ4v) is 4.43. The summed E-state index contributed by atoms with van der Waals surface area (Å²) in [6, 6.07) is 9.65. The third-order valence-electron chi connectivity index (χ3n) is 6.14. The molecule has 4 heterocycles. The molecule has 1 amide bonds. The van der Waals surface area contributed by atoms with E-state index in [1.54, 1.807) is 29.5 Å². The average molecular weight is 430 g/mol. The summed E-state index contributed by atoms with van der Waals surface area (Å²) in [6.07, 6.45) is 15.1. The molecule has 0 radical (unpaired) electrons. The van der Waals surface area contributed by atoms with Gasteiger partial charge in [-0.3, -0.25) is 9.78 Å². The van der Waals surface area contributed by atoms with Crippen LogP contribution in [0, 0.1) is 0 Å². The van der Waals surface area contributed by atoms with Crippen LogP contribution in [0.5, 0.6) is 0 Å². The summed E-state index contributed by atoms with van der Waals surface area (Å²) in [7, 11) is 0. The van der Waals surface area contributed by atoms with Gasteiger partial charge in [-0.2, -0.15) is 5.10 Å². The third kappa shape index (κ3) is 4.42. The topological polar surface area (TPSA) is 85.8 Å². The number of fused-ring (bicyclic) bond motifs is 1. The summed E-state index contributed by atoms with van der Waals surface area (Å²) >= 11 is 0. The lowest BCUT2D eigenvalue weighted by Gasteiger charge is -2.21. The number of nitrogens with one attached hydrogen (secondary N) is 1. The molecule has 0 aliphatic heterocycles. The zero-order valence-corrected chi connectivity index (χ0v) is 18.0. The van der Waals surface area contributed by atoms with Crippen LogP contribution in [-0.2, 0) is 6.54 Å². The fraction of sp³-hybridized carbons (Fsp3) is 0.360. The van der Waals surface area contributed by atoms with Crippen molar-refractivity contribution in [1.29, 1.82) is 0 Å². The zero-order chi connectivity index (χ0) is 21.8. The zero-order valence-electron chi connectivity index (χ0n) is 18.0. The molecular weight excluding hydrogens is 402 g/mol. The largest absolute Gasteiger partial charge is 0.467 e. The first-order valence-corrected chi connectivity index (χ1v) is 11.4. The van der Waals surface area contributed by atoms with Crippen LogP contribution in [0.2, 0.25) is 0 Å². The second-order valence-electron chi connectivity index (χ2n) is 8.43. The average Bonchev–Trinajstić information content (AvgIpc) is 3.46. The highest BCUT2D eigenvalue weighted by atomic mass is 16.3. The summed E-state index contributed by atoms with van der Waals surface area (Å²) in [5, 5.41) is 8.55. The van der Waals surface area contributed by atoms with E-state index in [4.69, 9.17) is 9.40 Å². The van der Waals surface area contributed by atoms with Crippen molar-refractivity contribution in [3.63, 3.8) is 0 Å². The minimum Gasteiger partial charge on any atom is -0.467 e. The highest BCUT2D eigenvalue weighted by Crippen LogP contribution is 2.26. The van der Waals surface area contributed by atoms with Crippen LogP contribution in [0.1, 0.15) is 61.1 Å². The first kappa shape index (κ1) is 20.4. The number of pyridine rings is 2. The van der Waals surface area contributed by atoms with Gasteiger partial charge in [0, 0.05) is 24.0 Å². The van der Waals surface area contributed by atoms with Crippen LogP contribution < -0.4 is 5.32 Å². The maximum Gasteiger partial charge on any atom is 0.252 e. The molecule has 1 aliphatic carbocycles. The van der Waals surface area contributed by atoms with Crippen molar-refractivity contribution in [1.82, 2.24) is 25.1 Å². The van der Waals surface area contributed by atoms with E-state index in [2.05, 4.69) is 15.4 Å². The van der Waals surface area contributed by atoms with Gasteiger partial charge in [0.05, 0.1) is 29.1 Å². The molecule has 1 N–H and O–H groups in total. The molecule has 1 aliphatic rings. The lowest BCUT2D eigenvalue weighted by Crippen LogP contribution is -2.35. The normalized spacial score (nSPS) is 15.4. The van der Waals surface area contributed by atoms with E-state index in [-0.39, 0.29) is 11.9 Å². The number of furan rings is 1. The number of amides is 1. The Morgan fingerprint density at radius 2 is 1.94 bits per heavy atom. The van der Waals surface area contributed by atoms with E-state index in [9.17, 15) is 4.79 Å². The van der Waals surface area contributed by atoms with Gasteiger partial charge in [-0.05, 0) is 43.2 Å². The summed E-state index contributed by atoms with van der Waals surface area (Å²) in [5.74, 6) is 0.717. The van der Waals surface area contributed by atoms with Crippen molar-refractivity contribution in [3.05, 3.63) is 66.5 Å². The smallest absolute Gasteiger partial charge is 0.252 e. The van der Waals surface area contributed by atoms with Gasteiger partial charge in [0.1, 0.15) is 12.3 Å². The van der Waals surface area contributed by atoms with Crippen LogP contribution in [-0.4, -0.2) is 31.7 Å². The lowest BCUT2D eigenvalue weighted by atomic mass is 9.96. The first-order chi connectivity index (χ1) is 15.8. The van der Waals surface area contributed by atoms with E-state index < -0.39 is 0 Å². The van der Waals surface area contributed by atoms with Crippen molar-refractivity contribution in [2.75, 3.05) is 0 Å². The Kier molecular flexibility index (Phi) is 5.96. The van der Waals surface area contributed by atoms with Crippen molar-refractivity contribution >= 4 is 16.9 Å². The molecule has 7 heteroatoms. The second-order valence-corrected chi connectivity index (χ2v) is 8.43. The van der Waals surface area contributed by atoms with E-state index in [0.717, 1.165) is 29.6 Å². The van der Waals surface area contributed by atoms with Crippen molar-refractivity contribution < 1.29 is 9.21 Å². The maximum absolute atomic E-state index is 13.4. The van der Waals surface area contributed by atoms with Gasteiger partial charge >= 0.3 is 0 Å². The molecule has 0 unspecified atom stereocenters. The Morgan fingerprint density at radius 3 is 2.69 bits per heavy atom. The van der Waals surface area contributed by atoms with Gasteiger partial charge in [0.25, 0.3) is 5.91 Å². The minimum absolute atomic E-state index is 0.0642. The molecule has 5 rings (SSSR count). The number of aromatic nitrogens is 4. The Hall–Kier alpha value is -3.48. The van der Waals surface area contributed by atoms with E-state index in [1.165, 1.54) is 32.1 Å². The number of hydrogen-bond acceptors (Lipinski definition) is 5. The van der Waals surface area contributed by atoms with Crippen LogP contribution >= 0.6 is 0 Å². The minimum atomic E-state index is -0.0642. The fourth-order valence-electron chi connectivity index (χ4n) is 4.43. The second kappa shape index (κ2) is 9.34. The highest BCUT2D eigenvalue weighted by Gasteiger charge is 2.21. The summed E-state index contributed by atoms with van der Waals surface area (Å²) < 4.78 is 7.27. The molecule has 1 saturated carbocycles. The monoisotopic (exact) mass is 429 g/mol. The van der Waals surface area contributed by atoms with Crippen molar-refractivity contribution in [2.24, 2.45) is 0 Å². The van der Waals surface area contributed by atoms with E-state index in [0.29, 0.717) is 23.4 Å². The van der Waals surface area contributed by atoms with Gasteiger partial charge in [-0.1, -0.05) is 32.1 Å². The van der Waals surface area contributed by atoms with Gasteiger partial charge < -0.3 is 9.73 Å². The van der Waals surface area contributed by atoms with Gasteiger partial charge in [-0.25, -0.2) is 9.67 Å². The van der Waals surface area contributed by atoms with E-state index >= 15 is 0 Å². The molecule has 0 bridgehead atoms. The number of carbonyl (C=O) groups excluding carboxylic acids is 1. The van der Waals surface area contributed by atoms with Crippen LogP contribution in [0.15, 0.2) is 59.6 Å². The Balaban J connectivity index is 1.52. The Labute approximate surface area is 186 Å². The Morgan fingerprint density at radius 1 is 1.09 bits per heavy atom. The molecule has 32 heavy (non-hydrogen) atoms. The summed E-state index contributed by atoms with van der Waals surface area (Å²) in [6.45, 7) is 0.448. The predicted molar refractivity (Wildman–Crippen MR) is 122 cm³/mol. The first-order valence-electron chi connectivity index (χ1n) is 11.4. The van der Waals surface area contributed by atoms with Crippen molar-refractivity contribution in [3.8, 4) is 11.3 Å². The van der Waals surface area contributed by atoms with Crippen LogP contribution in [0.25, 0.3) is 22.3 Å². The van der Waals surface area contributed by atoms with Crippen molar-refractivity contribution in [2.45, 2.75) is 57.5 Å². The lowest BCUT2D eigenvalue weighted by molar-refractivity contribution is 0.0932. The molecule has 4 aromatic rings. The summed E-state index contributed by atoms with van der Waals surface area (Å²) in [4.78, 5) is 22.5. The molecule has 0 saturated heterocycles. The molecule has 164 valence electrons.